The van der Waals surface area contributed by atoms with Crippen molar-refractivity contribution in [2.24, 2.45) is 0 Å². The minimum Gasteiger partial charge on any atom is -0.0616 e. The van der Waals surface area contributed by atoms with Crippen LogP contribution in [-0.4, -0.2) is 0 Å². The van der Waals surface area contributed by atoms with E-state index in [-0.39, 0.29) is 0 Å². The second kappa shape index (κ2) is 5.55. The van der Waals surface area contributed by atoms with Gasteiger partial charge in [-0.2, -0.15) is 0 Å². The Morgan fingerprint density at radius 2 is 1.45 bits per heavy atom. The lowest BCUT2D eigenvalue weighted by Gasteiger charge is -2.03. The van der Waals surface area contributed by atoms with Crippen LogP contribution in [0.4, 0.5) is 0 Å². The molecule has 0 N–H and O–H groups in total. The summed E-state index contributed by atoms with van der Waals surface area (Å²) in [4.78, 5) is 0. The van der Waals surface area contributed by atoms with Crippen LogP contribution < -0.4 is 0 Å². The van der Waals surface area contributed by atoms with Crippen molar-refractivity contribution in [3.63, 3.8) is 0 Å². The third-order valence-corrected chi connectivity index (χ3v) is 4.93. The van der Waals surface area contributed by atoms with Crippen LogP contribution in [0.2, 0.25) is 0 Å². The maximum atomic E-state index is 3.51. The van der Waals surface area contributed by atoms with E-state index in [0.717, 1.165) is 19.9 Å². The van der Waals surface area contributed by atoms with Crippen molar-refractivity contribution >= 4 is 47.8 Å². The zero-order valence-electron chi connectivity index (χ0n) is 6.84. The van der Waals surface area contributed by atoms with Gasteiger partial charge in [0.15, 0.2) is 0 Å². The molecule has 0 unspecified atom stereocenters. The normalized spacial score (nSPS) is 15.8. The van der Waals surface area contributed by atoms with Gasteiger partial charge in [0.1, 0.15) is 0 Å². The van der Waals surface area contributed by atoms with Crippen LogP contribution in [0.1, 0.15) is 27.2 Å². The quantitative estimate of drug-likeness (QED) is 0.611. The van der Waals surface area contributed by atoms with Gasteiger partial charge >= 0.3 is 0 Å². The highest BCUT2D eigenvalue weighted by Crippen LogP contribution is 2.32. The fourth-order valence-corrected chi connectivity index (χ4v) is 1.87. The predicted molar refractivity (Wildman–Crippen MR) is 62.5 cm³/mol. The third kappa shape index (κ3) is 3.90. The summed E-state index contributed by atoms with van der Waals surface area (Å²) in [6.07, 6.45) is 1.07. The molecule has 0 aliphatic heterocycles. The van der Waals surface area contributed by atoms with Gasteiger partial charge in [0.2, 0.25) is 0 Å². The summed E-state index contributed by atoms with van der Waals surface area (Å²) in [5, 5.41) is 0. The second-order valence-corrected chi connectivity index (χ2v) is 5.07. The Morgan fingerprint density at radius 1 is 1.00 bits per heavy atom. The van der Waals surface area contributed by atoms with Crippen molar-refractivity contribution < 1.29 is 0 Å². The van der Waals surface area contributed by atoms with E-state index < -0.39 is 0 Å². The highest BCUT2D eigenvalue weighted by molar-refractivity contribution is 9.16. The van der Waals surface area contributed by atoms with Crippen LogP contribution in [0, 0.1) is 0 Å². The molecule has 0 atom stereocenters. The van der Waals surface area contributed by atoms with Crippen LogP contribution in [0.3, 0.4) is 0 Å². The molecule has 0 bridgehead atoms. The van der Waals surface area contributed by atoms with Crippen LogP contribution in [0.5, 0.6) is 0 Å². The molecule has 0 aliphatic rings. The lowest BCUT2D eigenvalue weighted by Crippen LogP contribution is -1.80. The van der Waals surface area contributed by atoms with E-state index in [4.69, 9.17) is 0 Å². The van der Waals surface area contributed by atoms with Crippen molar-refractivity contribution in [2.75, 3.05) is 0 Å². The average molecular weight is 347 g/mol. The monoisotopic (exact) mass is 344 g/mol. The Balaban J connectivity index is 4.75. The highest BCUT2D eigenvalue weighted by atomic mass is 79.9. The van der Waals surface area contributed by atoms with E-state index in [0.29, 0.717) is 0 Å². The molecular formula is C8H11Br3. The maximum absolute atomic E-state index is 3.51. The molecule has 0 aromatic heterocycles. The Morgan fingerprint density at radius 3 is 1.73 bits per heavy atom. The van der Waals surface area contributed by atoms with E-state index >= 15 is 0 Å². The molecule has 0 spiro atoms. The average Bonchev–Trinajstić information content (AvgIpc) is 2.00. The Labute approximate surface area is 93.5 Å². The van der Waals surface area contributed by atoms with Gasteiger partial charge in [0.25, 0.3) is 0 Å². The molecular weight excluding hydrogens is 336 g/mol. The molecule has 0 amide bonds. The minimum absolute atomic E-state index is 1.07. The summed E-state index contributed by atoms with van der Waals surface area (Å²) in [5.74, 6) is 0. The summed E-state index contributed by atoms with van der Waals surface area (Å²) in [5.41, 5.74) is 1.34. The van der Waals surface area contributed by atoms with Gasteiger partial charge in [-0.3, -0.25) is 0 Å². The standard InChI is InChI=1S/C8H11Br3/c1-4-5(2)7(10)8(11)6(3)9/h4H2,1-3H3. The zero-order chi connectivity index (χ0) is 9.02. The first-order chi connectivity index (χ1) is 5.00. The molecule has 0 aliphatic carbocycles. The van der Waals surface area contributed by atoms with Gasteiger partial charge in [-0.15, -0.1) is 0 Å². The first-order valence-corrected chi connectivity index (χ1v) is 5.76. The van der Waals surface area contributed by atoms with Crippen molar-refractivity contribution in [3.8, 4) is 0 Å². The summed E-state index contributed by atoms with van der Waals surface area (Å²) < 4.78 is 3.35. The second-order valence-electron chi connectivity index (χ2n) is 2.30. The van der Waals surface area contributed by atoms with Gasteiger partial charge in [0.05, 0.1) is 0 Å². The SMILES string of the molecule is CCC(C)=C(Br)C(Br)=C(C)Br. The Hall–Kier alpha value is 0.920. The zero-order valence-corrected chi connectivity index (χ0v) is 11.6. The summed E-state index contributed by atoms with van der Waals surface area (Å²) in [6.45, 7) is 6.26. The minimum atomic E-state index is 1.07. The molecule has 0 fully saturated rings. The summed E-state index contributed by atoms with van der Waals surface area (Å²) in [7, 11) is 0. The number of rotatable bonds is 2. The number of hydrogen-bond acceptors (Lipinski definition) is 0. The fraction of sp³-hybridized carbons (Fsp3) is 0.500. The van der Waals surface area contributed by atoms with Crippen molar-refractivity contribution in [3.05, 3.63) is 19.0 Å². The third-order valence-electron chi connectivity index (χ3n) is 1.40. The number of allylic oxidation sites excluding steroid dienone is 4. The van der Waals surface area contributed by atoms with Crippen molar-refractivity contribution in [2.45, 2.75) is 27.2 Å². The highest BCUT2D eigenvalue weighted by Gasteiger charge is 2.03. The van der Waals surface area contributed by atoms with Crippen LogP contribution in [-0.2, 0) is 0 Å². The molecule has 0 aromatic rings. The predicted octanol–water partition coefficient (Wildman–Crippen LogP) is 5.09. The molecule has 0 aromatic carbocycles. The molecule has 3 heteroatoms. The largest absolute Gasteiger partial charge is 0.0616 e. The Kier molecular flexibility index (Phi) is 6.01. The first-order valence-electron chi connectivity index (χ1n) is 3.38. The van der Waals surface area contributed by atoms with E-state index in [1.807, 2.05) is 6.92 Å². The maximum Gasteiger partial charge on any atom is 0.0415 e. The van der Waals surface area contributed by atoms with E-state index in [9.17, 15) is 0 Å². The van der Waals surface area contributed by atoms with E-state index in [2.05, 4.69) is 61.6 Å². The van der Waals surface area contributed by atoms with Crippen LogP contribution >= 0.6 is 47.8 Å². The lowest BCUT2D eigenvalue weighted by molar-refractivity contribution is 1.09. The Bertz CT molecular complexity index is 197. The summed E-state index contributed by atoms with van der Waals surface area (Å²) >= 11 is 10.4. The fourth-order valence-electron chi connectivity index (χ4n) is 0.494. The smallest absolute Gasteiger partial charge is 0.0415 e. The van der Waals surface area contributed by atoms with Gasteiger partial charge in [0, 0.05) is 13.4 Å². The van der Waals surface area contributed by atoms with Crippen LogP contribution in [0.25, 0.3) is 0 Å². The molecule has 0 saturated heterocycles. The molecule has 0 saturated carbocycles. The molecule has 64 valence electrons. The topological polar surface area (TPSA) is 0 Å². The van der Waals surface area contributed by atoms with Crippen molar-refractivity contribution in [1.29, 1.82) is 0 Å². The molecule has 0 heterocycles. The van der Waals surface area contributed by atoms with Gasteiger partial charge in [-0.05, 0) is 52.1 Å². The molecule has 0 nitrogen and oxygen atoms in total. The summed E-state index contributed by atoms with van der Waals surface area (Å²) in [6, 6.07) is 0. The number of halogens is 3. The van der Waals surface area contributed by atoms with Crippen molar-refractivity contribution in [1.82, 2.24) is 0 Å². The van der Waals surface area contributed by atoms with Gasteiger partial charge in [-0.1, -0.05) is 28.4 Å². The van der Waals surface area contributed by atoms with Gasteiger partial charge < -0.3 is 0 Å². The molecule has 0 radical (unpaired) electrons. The lowest BCUT2D eigenvalue weighted by atomic mass is 10.2. The van der Waals surface area contributed by atoms with Gasteiger partial charge in [-0.25, -0.2) is 0 Å². The number of hydrogen-bond donors (Lipinski definition) is 0. The van der Waals surface area contributed by atoms with Crippen LogP contribution in [0.15, 0.2) is 19.0 Å². The molecule has 11 heavy (non-hydrogen) atoms. The molecule has 0 rings (SSSR count). The van der Waals surface area contributed by atoms with E-state index in [1.165, 1.54) is 5.57 Å². The first kappa shape index (κ1) is 11.9. The van der Waals surface area contributed by atoms with E-state index in [1.54, 1.807) is 0 Å².